The number of carbonyl (C=O) groups is 4. The Morgan fingerprint density at radius 2 is 0.935 bits per heavy atom. The van der Waals surface area contributed by atoms with Crippen LogP contribution < -0.4 is 0 Å². The SMILES string of the molecule is CC.CC1(C)C=C(CCCCC(C)(C)C(=O)O)C(=O)C(c2ccccc2C2=CC(C)(C)C=C(CCCCC(C)(C)C(=O)O)C2=O)=C1. The summed E-state index contributed by atoms with van der Waals surface area (Å²) in [5, 5.41) is 18.9. The van der Waals surface area contributed by atoms with Gasteiger partial charge < -0.3 is 10.2 Å². The Kier molecular flexibility index (Phi) is 12.9. The predicted octanol–water partition coefficient (Wildman–Crippen LogP) is 9.89. The van der Waals surface area contributed by atoms with Crippen LogP contribution in [0.4, 0.5) is 0 Å². The largest absolute Gasteiger partial charge is 0.481 e. The molecule has 0 saturated heterocycles. The minimum atomic E-state index is -0.816. The van der Waals surface area contributed by atoms with Crippen molar-refractivity contribution in [1.29, 1.82) is 0 Å². The van der Waals surface area contributed by atoms with Gasteiger partial charge in [0.2, 0.25) is 0 Å². The second-order valence-electron chi connectivity index (χ2n) is 15.1. The molecule has 0 radical (unpaired) electrons. The Morgan fingerprint density at radius 1 is 0.609 bits per heavy atom. The zero-order valence-electron chi connectivity index (χ0n) is 29.8. The fraction of sp³-hybridized carbons (Fsp3) is 0.550. The zero-order chi connectivity index (χ0) is 35.1. The van der Waals surface area contributed by atoms with Gasteiger partial charge in [-0.25, -0.2) is 0 Å². The summed E-state index contributed by atoms with van der Waals surface area (Å²) in [5.74, 6) is -1.73. The molecule has 6 heteroatoms. The molecule has 2 aliphatic carbocycles. The monoisotopic (exact) mass is 632 g/mol. The number of hydrogen-bond donors (Lipinski definition) is 2. The molecule has 0 bridgehead atoms. The number of carboxylic acid groups (broad SMARTS) is 2. The van der Waals surface area contributed by atoms with Crippen LogP contribution in [0.15, 0.2) is 59.7 Å². The number of carbonyl (C=O) groups excluding carboxylic acids is 2. The number of carboxylic acids is 2. The van der Waals surface area contributed by atoms with Crippen molar-refractivity contribution < 1.29 is 29.4 Å². The summed E-state index contributed by atoms with van der Waals surface area (Å²) >= 11 is 0. The fourth-order valence-electron chi connectivity index (χ4n) is 6.04. The van der Waals surface area contributed by atoms with E-state index in [0.717, 1.165) is 35.1 Å². The molecule has 0 amide bonds. The van der Waals surface area contributed by atoms with Gasteiger partial charge in [0.1, 0.15) is 0 Å². The molecule has 252 valence electrons. The minimum Gasteiger partial charge on any atom is -0.481 e. The topological polar surface area (TPSA) is 109 Å². The van der Waals surface area contributed by atoms with Crippen molar-refractivity contribution in [2.24, 2.45) is 21.7 Å². The van der Waals surface area contributed by atoms with Crippen molar-refractivity contribution in [3.05, 3.63) is 70.8 Å². The number of allylic oxidation sites excluding steroid dienone is 8. The summed E-state index contributed by atoms with van der Waals surface area (Å²) in [6.07, 6.45) is 13.1. The third-order valence-corrected chi connectivity index (χ3v) is 8.86. The van der Waals surface area contributed by atoms with Crippen LogP contribution in [-0.4, -0.2) is 33.7 Å². The average Bonchev–Trinajstić information content (AvgIpc) is 2.97. The Hall–Kier alpha value is -3.54. The molecule has 1 aromatic carbocycles. The molecule has 0 spiro atoms. The molecule has 0 aromatic heterocycles. The molecule has 0 atom stereocenters. The lowest BCUT2D eigenvalue weighted by Gasteiger charge is -2.29. The Morgan fingerprint density at radius 3 is 1.24 bits per heavy atom. The lowest BCUT2D eigenvalue weighted by atomic mass is 9.73. The number of Topliss-reactive ketones (excluding diaryl/α,β-unsaturated/α-hetero) is 2. The van der Waals surface area contributed by atoms with E-state index in [9.17, 15) is 29.4 Å². The number of hydrogen-bond acceptors (Lipinski definition) is 4. The lowest BCUT2D eigenvalue weighted by Crippen LogP contribution is -2.24. The second kappa shape index (κ2) is 15.4. The van der Waals surface area contributed by atoms with E-state index < -0.39 is 22.8 Å². The van der Waals surface area contributed by atoms with Crippen molar-refractivity contribution in [2.45, 2.75) is 121 Å². The summed E-state index contributed by atoms with van der Waals surface area (Å²) in [5.41, 5.74) is 1.77. The molecule has 1 aromatic rings. The second-order valence-corrected chi connectivity index (χ2v) is 15.1. The smallest absolute Gasteiger partial charge is 0.309 e. The Labute approximate surface area is 276 Å². The van der Waals surface area contributed by atoms with Crippen molar-refractivity contribution in [1.82, 2.24) is 0 Å². The van der Waals surface area contributed by atoms with Gasteiger partial charge in [0.05, 0.1) is 10.8 Å². The minimum absolute atomic E-state index is 0.0470. The number of ketones is 2. The maximum absolute atomic E-state index is 13.9. The van der Waals surface area contributed by atoms with Crippen LogP contribution in [0.5, 0.6) is 0 Å². The summed E-state index contributed by atoms with van der Waals surface area (Å²) in [4.78, 5) is 50.9. The van der Waals surface area contributed by atoms with Crippen LogP contribution in [0.2, 0.25) is 0 Å². The first-order valence-electron chi connectivity index (χ1n) is 16.8. The molecular formula is C40H56O6. The van der Waals surface area contributed by atoms with E-state index in [1.807, 2.05) is 62.4 Å². The van der Waals surface area contributed by atoms with Crippen LogP contribution in [0.3, 0.4) is 0 Å². The molecule has 2 N–H and O–H groups in total. The van der Waals surface area contributed by atoms with Crippen molar-refractivity contribution in [3.63, 3.8) is 0 Å². The number of unbranched alkanes of at least 4 members (excludes halogenated alkanes) is 2. The molecular weight excluding hydrogens is 576 g/mol. The number of aliphatic carboxylic acids is 2. The van der Waals surface area contributed by atoms with E-state index in [-0.39, 0.29) is 22.4 Å². The van der Waals surface area contributed by atoms with Gasteiger partial charge in [-0.2, -0.15) is 0 Å². The number of rotatable bonds is 14. The van der Waals surface area contributed by atoms with Crippen LogP contribution >= 0.6 is 0 Å². The average molecular weight is 633 g/mol. The third-order valence-electron chi connectivity index (χ3n) is 8.86. The standard InChI is InChI=1S/C38H50O6.C2H6/c1-35(2)21-25(15-11-13-19-37(5,6)33(41)42)31(39)29(23-35)27-17-9-10-18-28(27)30-24-36(3,4)22-26(32(30)40)16-12-14-20-38(7,8)34(43)44;1-2/h9-10,17-18,21-24H,11-16,19-20H2,1-8H3,(H,41,42)(H,43,44);1-2H3. The highest BCUT2D eigenvalue weighted by atomic mass is 16.4. The van der Waals surface area contributed by atoms with E-state index in [1.165, 1.54) is 0 Å². The summed E-state index contributed by atoms with van der Waals surface area (Å²) in [7, 11) is 0. The fourth-order valence-corrected chi connectivity index (χ4v) is 6.04. The van der Waals surface area contributed by atoms with Crippen LogP contribution in [0.25, 0.3) is 11.1 Å². The van der Waals surface area contributed by atoms with Gasteiger partial charge in [0.25, 0.3) is 0 Å². The molecule has 0 saturated carbocycles. The summed E-state index contributed by atoms with van der Waals surface area (Å²) in [6, 6.07) is 7.62. The highest BCUT2D eigenvalue weighted by Gasteiger charge is 2.33. The van der Waals surface area contributed by atoms with E-state index in [4.69, 9.17) is 0 Å². The van der Waals surface area contributed by atoms with Gasteiger partial charge in [0.15, 0.2) is 11.6 Å². The Bertz CT molecular complexity index is 1330. The van der Waals surface area contributed by atoms with Gasteiger partial charge in [-0.3, -0.25) is 19.2 Å². The Balaban J connectivity index is 0.00000361. The molecule has 46 heavy (non-hydrogen) atoms. The van der Waals surface area contributed by atoms with Crippen LogP contribution in [0, 0.1) is 21.7 Å². The first kappa shape index (κ1) is 38.6. The first-order valence-corrected chi connectivity index (χ1v) is 16.8. The zero-order valence-corrected chi connectivity index (χ0v) is 29.8. The van der Waals surface area contributed by atoms with E-state index >= 15 is 0 Å². The molecule has 2 aliphatic rings. The molecule has 3 rings (SSSR count). The maximum Gasteiger partial charge on any atom is 0.309 e. The molecule has 0 unspecified atom stereocenters. The quantitative estimate of drug-likeness (QED) is 0.198. The molecule has 0 heterocycles. The van der Waals surface area contributed by atoms with Crippen molar-refractivity contribution in [2.75, 3.05) is 0 Å². The third kappa shape index (κ3) is 9.98. The molecule has 0 fully saturated rings. The van der Waals surface area contributed by atoms with Crippen LogP contribution in [-0.2, 0) is 19.2 Å². The van der Waals surface area contributed by atoms with E-state index in [0.29, 0.717) is 49.7 Å². The molecule has 6 nitrogen and oxygen atoms in total. The lowest BCUT2D eigenvalue weighted by molar-refractivity contribution is -0.148. The number of benzene rings is 1. The van der Waals surface area contributed by atoms with Gasteiger partial charge >= 0.3 is 11.9 Å². The first-order chi connectivity index (χ1) is 21.3. The van der Waals surface area contributed by atoms with Gasteiger partial charge in [-0.15, -0.1) is 0 Å². The van der Waals surface area contributed by atoms with Gasteiger partial charge in [-0.1, -0.05) is 103 Å². The van der Waals surface area contributed by atoms with Crippen LogP contribution in [0.1, 0.15) is 132 Å². The highest BCUT2D eigenvalue weighted by molar-refractivity contribution is 6.34. The maximum atomic E-state index is 13.9. The van der Waals surface area contributed by atoms with Gasteiger partial charge in [0, 0.05) is 22.0 Å². The summed E-state index contributed by atoms with van der Waals surface area (Å²) in [6.45, 7) is 19.2. The molecule has 0 aliphatic heterocycles. The van der Waals surface area contributed by atoms with E-state index in [1.54, 1.807) is 27.7 Å². The van der Waals surface area contributed by atoms with Crippen molar-refractivity contribution >= 4 is 34.7 Å². The normalized spacial score (nSPS) is 17.6. The van der Waals surface area contributed by atoms with Crippen molar-refractivity contribution in [3.8, 4) is 0 Å². The predicted molar refractivity (Wildman–Crippen MR) is 187 cm³/mol. The summed E-state index contributed by atoms with van der Waals surface area (Å²) < 4.78 is 0. The van der Waals surface area contributed by atoms with Gasteiger partial charge in [-0.05, 0) is 88.5 Å². The van der Waals surface area contributed by atoms with E-state index in [2.05, 4.69) is 27.7 Å². The highest BCUT2D eigenvalue weighted by Crippen LogP contribution is 2.42.